The van der Waals surface area contributed by atoms with Crippen LogP contribution in [0.5, 0.6) is 0 Å². The van der Waals surface area contributed by atoms with Crippen molar-refractivity contribution in [1.29, 1.82) is 0 Å². The van der Waals surface area contributed by atoms with Gasteiger partial charge in [-0.25, -0.2) is 9.59 Å². The molecule has 0 unspecified atom stereocenters. The molecular weight excluding hydrogens is 1020 g/mol. The number of anilines is 2. The summed E-state index contributed by atoms with van der Waals surface area (Å²) in [7, 11) is 0. The highest BCUT2D eigenvalue weighted by Crippen LogP contribution is 2.39. The van der Waals surface area contributed by atoms with Crippen LogP contribution in [0.2, 0.25) is 0 Å². The summed E-state index contributed by atoms with van der Waals surface area (Å²) in [5.41, 5.74) is -6.57. The van der Waals surface area contributed by atoms with E-state index in [2.05, 4.69) is 43.8 Å². The molecule has 4 rings (SSSR count). The maximum atomic E-state index is 13.6. The molecule has 420 valence electrons. The molecule has 21 heteroatoms. The van der Waals surface area contributed by atoms with Crippen LogP contribution in [0.1, 0.15) is 143 Å². The molecule has 0 spiro atoms. The van der Waals surface area contributed by atoms with Crippen molar-refractivity contribution < 1.29 is 67.3 Å². The number of amides is 4. The van der Waals surface area contributed by atoms with Crippen molar-refractivity contribution in [3.05, 3.63) is 130 Å². The first kappa shape index (κ1) is 62.4. The summed E-state index contributed by atoms with van der Waals surface area (Å²) >= 11 is 0. The summed E-state index contributed by atoms with van der Waals surface area (Å²) in [6.45, 7) is 2.48. The third-order valence-corrected chi connectivity index (χ3v) is 12.4. The molecule has 4 aromatic rings. The normalized spacial score (nSPS) is 13.2. The molecule has 0 radical (unpaired) electrons. The Hall–Kier alpha value is -6.15. The maximum absolute atomic E-state index is 13.6. The lowest BCUT2D eigenvalue weighted by molar-refractivity contribution is -0.465. The van der Waals surface area contributed by atoms with Gasteiger partial charge in [-0.15, -0.1) is 0 Å². The maximum Gasteiger partial charge on any atom is 0.416 e. The van der Waals surface area contributed by atoms with Crippen LogP contribution in [0.15, 0.2) is 97.1 Å². The van der Waals surface area contributed by atoms with Crippen molar-refractivity contribution in [3.8, 4) is 0 Å². The van der Waals surface area contributed by atoms with Gasteiger partial charge >= 0.3 is 42.7 Å². The number of rotatable bonds is 29. The van der Waals surface area contributed by atoms with E-state index in [1.165, 1.54) is 64.2 Å². The summed E-state index contributed by atoms with van der Waals surface area (Å²) < 4.78 is 164. The van der Waals surface area contributed by atoms with Gasteiger partial charge in [-0.05, 0) is 66.8 Å². The van der Waals surface area contributed by atoms with E-state index < -0.39 is 82.5 Å². The van der Waals surface area contributed by atoms with Gasteiger partial charge in [0.15, 0.2) is 0 Å². The minimum absolute atomic E-state index is 0.0572. The zero-order valence-electron chi connectivity index (χ0n) is 42.6. The molecule has 0 bridgehead atoms. The van der Waals surface area contributed by atoms with Gasteiger partial charge in [0.1, 0.15) is 0 Å². The summed E-state index contributed by atoms with van der Waals surface area (Å²) in [6.07, 6.45) is -1.70. The molecule has 0 saturated heterocycles. The van der Waals surface area contributed by atoms with Gasteiger partial charge in [0, 0.05) is 11.4 Å². The van der Waals surface area contributed by atoms with Crippen molar-refractivity contribution in [2.45, 2.75) is 159 Å². The van der Waals surface area contributed by atoms with Gasteiger partial charge < -0.3 is 21.3 Å². The zero-order valence-corrected chi connectivity index (χ0v) is 42.6. The van der Waals surface area contributed by atoms with E-state index in [-0.39, 0.29) is 44.0 Å². The zero-order chi connectivity index (χ0) is 55.6. The Morgan fingerprint density at radius 2 is 0.789 bits per heavy atom. The van der Waals surface area contributed by atoms with Crippen molar-refractivity contribution in [2.24, 2.45) is 0 Å². The lowest BCUT2D eigenvalue weighted by Gasteiger charge is -2.21. The number of alkyl halides is 12. The van der Waals surface area contributed by atoms with Crippen molar-refractivity contribution in [2.75, 3.05) is 30.3 Å². The molecule has 0 aliphatic rings. The lowest BCUT2D eigenvalue weighted by Crippen LogP contribution is -2.83. The summed E-state index contributed by atoms with van der Waals surface area (Å²) in [4.78, 5) is 29.9. The van der Waals surface area contributed by atoms with Crippen molar-refractivity contribution in [3.63, 3.8) is 0 Å². The predicted octanol–water partition coefficient (Wildman–Crippen LogP) is 13.8. The number of hydrogen-bond acceptors (Lipinski definition) is 2. The Balaban J connectivity index is 1.50. The molecule has 0 saturated carbocycles. The standard InChI is InChI=1S/C55H69F12N7O2/c1-2-3-4-5-6-7-8-9-10-11-12-13-14-15-16-23-28-68-49(69-37-47(29-39-24-19-17-20-25-39)73-50(75)71-45-33-41(52(56,57)58)31-42(34-45)53(59,60)61)70-38-48(30-40-26-21-18-22-27-40)74-51(76)72-46-35-43(54(62,63)64)32-44(36-46)55(65,66)67/h17-22,24-27,31-36,47-48H,2-16,23,28-30,37-38H2,1H3,(H2,68,69,70)(H2,71,73,75)(H2,72,74,76)/p+1/t47-,48-/m0/s1. The largest absolute Gasteiger partial charge is 0.416 e. The quantitative estimate of drug-likeness (QED) is 0.0127. The van der Waals surface area contributed by atoms with Crippen LogP contribution in [0, 0.1) is 0 Å². The Morgan fingerprint density at radius 1 is 0.447 bits per heavy atom. The number of carbonyl (C=O) groups excluding carboxylic acids is 2. The number of hydrogen-bond donors (Lipinski definition) is 7. The van der Waals surface area contributed by atoms with Gasteiger partial charge in [-0.2, -0.15) is 52.7 Å². The highest BCUT2D eigenvalue weighted by Gasteiger charge is 2.38. The topological polar surface area (TPSA) is 120 Å². The summed E-state index contributed by atoms with van der Waals surface area (Å²) in [5, 5.41) is 16.0. The average molecular weight is 1090 g/mol. The first-order valence-corrected chi connectivity index (χ1v) is 25.9. The summed E-state index contributed by atoms with van der Waals surface area (Å²) in [5.74, 6) is 0.280. The first-order chi connectivity index (χ1) is 36.0. The highest BCUT2D eigenvalue weighted by molar-refractivity contribution is 5.90. The molecule has 2 atom stereocenters. The second-order valence-corrected chi connectivity index (χ2v) is 18.9. The Labute approximate surface area is 436 Å². The molecule has 0 heterocycles. The Kier molecular flexibility index (Phi) is 25.6. The minimum Gasteiger partial charge on any atom is -0.332 e. The van der Waals surface area contributed by atoms with E-state index in [0.29, 0.717) is 41.9 Å². The molecule has 0 aliphatic carbocycles. The number of carbonyl (C=O) groups is 2. The number of unbranched alkanes of at least 4 members (excludes halogenated alkanes) is 15. The van der Waals surface area contributed by atoms with E-state index in [1.807, 2.05) is 0 Å². The van der Waals surface area contributed by atoms with Crippen LogP contribution in [0.3, 0.4) is 0 Å². The third kappa shape index (κ3) is 24.7. The number of benzene rings is 4. The van der Waals surface area contributed by atoms with E-state index >= 15 is 0 Å². The molecule has 0 aliphatic heterocycles. The SMILES string of the molecule is CCCCCCCCCCCCCCCCCCNC(NC[C@H](Cc1ccccc1)NC(=O)Nc1cc(C(F)(F)F)cc(C(F)(F)F)c1)=[NH+]C[C@H](Cc1ccccc1)NC(=O)Nc1cc(C(F)(F)F)cc(C(F)(F)F)c1. The van der Waals surface area contributed by atoms with Gasteiger partial charge in [0.05, 0.1) is 54.0 Å². The number of halogens is 12. The molecule has 0 fully saturated rings. The Bertz CT molecular complexity index is 2300. The van der Waals surface area contributed by atoms with Gasteiger partial charge in [-0.3, -0.25) is 15.6 Å². The molecule has 7 N–H and O–H groups in total. The monoisotopic (exact) mass is 1090 g/mol. The van der Waals surface area contributed by atoms with Gasteiger partial charge in [-0.1, -0.05) is 164 Å². The van der Waals surface area contributed by atoms with E-state index in [4.69, 9.17) is 0 Å². The molecule has 4 amide bonds. The second kappa shape index (κ2) is 31.2. The van der Waals surface area contributed by atoms with Crippen LogP contribution in [-0.2, 0) is 37.5 Å². The fraction of sp³-hybridized carbons (Fsp3) is 0.509. The fourth-order valence-corrected chi connectivity index (χ4v) is 8.43. The van der Waals surface area contributed by atoms with Crippen LogP contribution in [0.25, 0.3) is 0 Å². The van der Waals surface area contributed by atoms with Crippen LogP contribution < -0.4 is 36.9 Å². The number of urea groups is 2. The average Bonchev–Trinajstić information content (AvgIpc) is 3.34. The van der Waals surface area contributed by atoms with E-state index in [0.717, 1.165) is 38.5 Å². The van der Waals surface area contributed by atoms with Gasteiger partial charge in [0.25, 0.3) is 0 Å². The van der Waals surface area contributed by atoms with Crippen molar-refractivity contribution >= 4 is 29.4 Å². The predicted molar refractivity (Wildman–Crippen MR) is 271 cm³/mol. The minimum atomic E-state index is -5.16. The fourth-order valence-electron chi connectivity index (χ4n) is 8.43. The molecular formula is C55H70F12N7O2+. The smallest absolute Gasteiger partial charge is 0.332 e. The first-order valence-electron chi connectivity index (χ1n) is 25.9. The van der Waals surface area contributed by atoms with E-state index in [9.17, 15) is 62.3 Å². The number of guanidine groups is 1. The van der Waals surface area contributed by atoms with E-state index in [1.54, 1.807) is 60.7 Å². The van der Waals surface area contributed by atoms with Crippen LogP contribution >= 0.6 is 0 Å². The molecule has 0 aromatic heterocycles. The van der Waals surface area contributed by atoms with Crippen molar-refractivity contribution in [1.82, 2.24) is 21.3 Å². The number of nitrogens with one attached hydrogen (secondary N) is 7. The summed E-state index contributed by atoms with van der Waals surface area (Å²) in [6, 6.07) is 14.9. The molecule has 9 nitrogen and oxygen atoms in total. The molecule has 76 heavy (non-hydrogen) atoms. The van der Waals surface area contributed by atoms with Crippen LogP contribution in [-0.4, -0.2) is 49.7 Å². The van der Waals surface area contributed by atoms with Gasteiger partial charge in [0.2, 0.25) is 0 Å². The third-order valence-electron chi connectivity index (χ3n) is 12.4. The second-order valence-electron chi connectivity index (χ2n) is 18.9. The Morgan fingerprint density at radius 3 is 1.16 bits per heavy atom. The highest BCUT2D eigenvalue weighted by atomic mass is 19.4. The lowest BCUT2D eigenvalue weighted by atomic mass is 10.0. The van der Waals surface area contributed by atoms with Crippen LogP contribution in [0.4, 0.5) is 73.6 Å². The molecule has 4 aromatic carbocycles.